The van der Waals surface area contributed by atoms with Crippen LogP contribution in [-0.4, -0.2) is 21.9 Å². The van der Waals surface area contributed by atoms with Crippen molar-refractivity contribution in [3.05, 3.63) is 17.9 Å². The second-order valence-electron chi connectivity index (χ2n) is 3.37. The molecular weight excluding hydrogens is 140 g/mol. The highest BCUT2D eigenvalue weighted by Gasteiger charge is 2.34. The van der Waals surface area contributed by atoms with Crippen LogP contribution >= 0.6 is 0 Å². The highest BCUT2D eigenvalue weighted by molar-refractivity contribution is 5.10. The Morgan fingerprint density at radius 1 is 1.73 bits per heavy atom. The van der Waals surface area contributed by atoms with Crippen molar-refractivity contribution in [3.8, 4) is 0 Å². The molecule has 62 valence electrons. The molecular formula is C9H14O2. The Morgan fingerprint density at radius 2 is 2.36 bits per heavy atom. The summed E-state index contributed by atoms with van der Waals surface area (Å²) in [4.78, 5) is 0. The maximum Gasteiger partial charge on any atom is 0.0920 e. The molecule has 1 aliphatic carbocycles. The lowest BCUT2D eigenvalue weighted by Crippen LogP contribution is -2.42. The Kier molecular flexibility index (Phi) is 2.19. The van der Waals surface area contributed by atoms with Gasteiger partial charge in [0.1, 0.15) is 0 Å². The topological polar surface area (TPSA) is 40.5 Å². The molecule has 0 amide bonds. The molecule has 0 saturated heterocycles. The van der Waals surface area contributed by atoms with Gasteiger partial charge in [-0.05, 0) is 25.3 Å². The average Bonchev–Trinajstić information content (AvgIpc) is 1.95. The molecule has 0 aliphatic heterocycles. The van der Waals surface area contributed by atoms with Crippen LogP contribution in [0, 0.1) is 0 Å². The van der Waals surface area contributed by atoms with E-state index in [9.17, 15) is 10.2 Å². The van der Waals surface area contributed by atoms with E-state index in [-0.39, 0.29) is 0 Å². The molecule has 2 nitrogen and oxygen atoms in total. The van der Waals surface area contributed by atoms with Gasteiger partial charge in [0, 0.05) is 6.42 Å². The summed E-state index contributed by atoms with van der Waals surface area (Å²) in [5.41, 5.74) is 2.82. The first-order valence-electron chi connectivity index (χ1n) is 3.84. The van der Waals surface area contributed by atoms with E-state index >= 15 is 0 Å². The van der Waals surface area contributed by atoms with Crippen LogP contribution in [0.3, 0.4) is 0 Å². The maximum atomic E-state index is 9.61. The van der Waals surface area contributed by atoms with Gasteiger partial charge in [-0.25, -0.2) is 0 Å². The molecule has 0 aromatic rings. The van der Waals surface area contributed by atoms with Crippen LogP contribution < -0.4 is 0 Å². The van der Waals surface area contributed by atoms with Crippen molar-refractivity contribution in [1.82, 2.24) is 0 Å². The summed E-state index contributed by atoms with van der Waals surface area (Å²) in [6, 6.07) is 0. The van der Waals surface area contributed by atoms with Crippen molar-refractivity contribution in [3.63, 3.8) is 0 Å². The van der Waals surface area contributed by atoms with Crippen molar-refractivity contribution in [2.45, 2.75) is 37.9 Å². The largest absolute Gasteiger partial charge is 0.390 e. The first-order chi connectivity index (χ1) is 5.06. The maximum absolute atomic E-state index is 9.61. The van der Waals surface area contributed by atoms with Gasteiger partial charge >= 0.3 is 0 Å². The van der Waals surface area contributed by atoms with Gasteiger partial charge in [0.25, 0.3) is 0 Å². The van der Waals surface area contributed by atoms with Crippen molar-refractivity contribution >= 4 is 0 Å². The Balaban J connectivity index is 2.74. The molecule has 0 aromatic heterocycles. The van der Waals surface area contributed by atoms with Crippen LogP contribution in [0.25, 0.3) is 0 Å². The van der Waals surface area contributed by atoms with E-state index in [0.717, 1.165) is 12.0 Å². The molecule has 0 heterocycles. The average molecular weight is 154 g/mol. The Labute approximate surface area is 66.9 Å². The zero-order valence-electron chi connectivity index (χ0n) is 6.80. The molecule has 11 heavy (non-hydrogen) atoms. The molecule has 0 spiro atoms. The molecule has 1 rings (SSSR count). The smallest absolute Gasteiger partial charge is 0.0920 e. The fourth-order valence-corrected chi connectivity index (χ4v) is 1.41. The van der Waals surface area contributed by atoms with Crippen LogP contribution in [0.4, 0.5) is 0 Å². The zero-order chi connectivity index (χ0) is 8.48. The molecule has 2 heteroatoms. The van der Waals surface area contributed by atoms with Crippen molar-refractivity contribution in [1.29, 1.82) is 0 Å². The van der Waals surface area contributed by atoms with Gasteiger partial charge in [-0.2, -0.15) is 0 Å². The molecule has 0 radical (unpaired) electrons. The predicted molar refractivity (Wildman–Crippen MR) is 43.1 cm³/mol. The molecule has 2 atom stereocenters. The van der Waals surface area contributed by atoms with Crippen molar-refractivity contribution in [2.24, 2.45) is 0 Å². The Morgan fingerprint density at radius 3 is 2.82 bits per heavy atom. The third kappa shape index (κ3) is 1.72. The summed E-state index contributed by atoms with van der Waals surface area (Å²) in [5, 5.41) is 18.9. The van der Waals surface area contributed by atoms with Gasteiger partial charge in [0.2, 0.25) is 0 Å². The molecule has 1 saturated carbocycles. The molecule has 2 N–H and O–H groups in total. The quantitative estimate of drug-likeness (QED) is 0.511. The van der Waals surface area contributed by atoms with Gasteiger partial charge in [0.05, 0.1) is 11.7 Å². The highest BCUT2D eigenvalue weighted by atomic mass is 16.3. The van der Waals surface area contributed by atoms with Crippen LogP contribution in [0.15, 0.2) is 17.9 Å². The van der Waals surface area contributed by atoms with Crippen molar-refractivity contribution < 1.29 is 10.2 Å². The molecule has 0 bridgehead atoms. The minimum absolute atomic E-state index is 0.498. The van der Waals surface area contributed by atoms with Gasteiger partial charge in [0.15, 0.2) is 0 Å². The first-order valence-corrected chi connectivity index (χ1v) is 3.84. The second-order valence-corrected chi connectivity index (χ2v) is 3.37. The number of aliphatic hydroxyl groups is 2. The van der Waals surface area contributed by atoms with Crippen LogP contribution in [-0.2, 0) is 0 Å². The van der Waals surface area contributed by atoms with E-state index in [0.29, 0.717) is 12.8 Å². The van der Waals surface area contributed by atoms with Crippen LogP contribution in [0.5, 0.6) is 0 Å². The molecule has 0 aromatic carbocycles. The number of hydrogen-bond acceptors (Lipinski definition) is 2. The van der Waals surface area contributed by atoms with Gasteiger partial charge in [-0.1, -0.05) is 6.58 Å². The summed E-state index contributed by atoms with van der Waals surface area (Å²) < 4.78 is 0. The van der Waals surface area contributed by atoms with Crippen LogP contribution in [0.1, 0.15) is 26.2 Å². The number of rotatable bonds is 0. The monoisotopic (exact) mass is 154 g/mol. The van der Waals surface area contributed by atoms with Crippen LogP contribution in [0.2, 0.25) is 0 Å². The van der Waals surface area contributed by atoms with E-state index in [2.05, 4.69) is 12.3 Å². The molecule has 0 unspecified atom stereocenters. The third-order valence-corrected chi connectivity index (χ3v) is 2.26. The minimum atomic E-state index is -0.974. The molecule has 1 aliphatic rings. The van der Waals surface area contributed by atoms with Gasteiger partial charge in [-0.3, -0.25) is 0 Å². The fourth-order valence-electron chi connectivity index (χ4n) is 1.41. The van der Waals surface area contributed by atoms with E-state index < -0.39 is 11.7 Å². The third-order valence-electron chi connectivity index (χ3n) is 2.26. The first kappa shape index (κ1) is 8.54. The summed E-state index contributed by atoms with van der Waals surface area (Å²) >= 11 is 0. The Hall–Kier alpha value is -0.560. The van der Waals surface area contributed by atoms with E-state index in [1.165, 1.54) is 0 Å². The summed E-state index contributed by atoms with van der Waals surface area (Å²) in [7, 11) is 0. The van der Waals surface area contributed by atoms with Gasteiger partial charge in [-0.15, -0.1) is 5.73 Å². The standard InChI is InChI=1S/C9H14O2/c1-3-7-4-5-8(10)9(2,11)6-7/h8,10-11H,1,4-6H2,2H3/t8-,9+/m1/s1. The van der Waals surface area contributed by atoms with Crippen molar-refractivity contribution in [2.75, 3.05) is 0 Å². The van der Waals surface area contributed by atoms with E-state index in [4.69, 9.17) is 0 Å². The lowest BCUT2D eigenvalue weighted by atomic mass is 9.81. The molecule has 1 fully saturated rings. The highest BCUT2D eigenvalue weighted by Crippen LogP contribution is 2.30. The number of aliphatic hydroxyl groups excluding tert-OH is 1. The zero-order valence-corrected chi connectivity index (χ0v) is 6.80. The number of hydrogen-bond donors (Lipinski definition) is 2. The minimum Gasteiger partial charge on any atom is -0.390 e. The van der Waals surface area contributed by atoms with E-state index in [1.54, 1.807) is 6.92 Å². The second kappa shape index (κ2) is 2.82. The predicted octanol–water partition coefficient (Wildman–Crippen LogP) is 0.993. The van der Waals surface area contributed by atoms with E-state index in [1.807, 2.05) is 0 Å². The SMILES string of the molecule is C=C=C1CC[C@@H](O)[C@@](C)(O)C1. The van der Waals surface area contributed by atoms with Gasteiger partial charge < -0.3 is 10.2 Å². The summed E-state index contributed by atoms with van der Waals surface area (Å²) in [5.74, 6) is 0. The lowest BCUT2D eigenvalue weighted by molar-refractivity contribution is -0.0742. The normalized spacial score (nSPS) is 38.5. The summed E-state index contributed by atoms with van der Waals surface area (Å²) in [6.45, 7) is 5.17. The fraction of sp³-hybridized carbons (Fsp3) is 0.667. The lowest BCUT2D eigenvalue weighted by Gasteiger charge is -2.34. The summed E-state index contributed by atoms with van der Waals surface area (Å²) in [6.07, 6.45) is 1.32. The Bertz CT molecular complexity index is 200.